The minimum Gasteiger partial charge on any atom is -0.207 e. The lowest BCUT2D eigenvalue weighted by Crippen LogP contribution is -1.91. The van der Waals surface area contributed by atoms with E-state index in [4.69, 9.17) is 5.26 Å². The van der Waals surface area contributed by atoms with Crippen LogP contribution < -0.4 is 0 Å². The molecule has 0 aliphatic rings. The predicted molar refractivity (Wildman–Crippen MR) is 65.0 cm³/mol. The molecule has 0 heterocycles. The molecule has 2 aromatic rings. The SMILES string of the molecule is N#Cc1[c]cc(CCBr)c2cc(F)ccc12. The highest BCUT2D eigenvalue weighted by atomic mass is 79.9. The lowest BCUT2D eigenvalue weighted by molar-refractivity contribution is 0.629. The van der Waals surface area contributed by atoms with E-state index in [9.17, 15) is 4.39 Å². The number of rotatable bonds is 2. The van der Waals surface area contributed by atoms with Gasteiger partial charge in [0.15, 0.2) is 0 Å². The maximum Gasteiger partial charge on any atom is 0.123 e. The van der Waals surface area contributed by atoms with Crippen molar-refractivity contribution in [2.24, 2.45) is 0 Å². The highest BCUT2D eigenvalue weighted by molar-refractivity contribution is 9.09. The lowest BCUT2D eigenvalue weighted by Gasteiger charge is -2.06. The van der Waals surface area contributed by atoms with Crippen molar-refractivity contribution in [3.05, 3.63) is 47.3 Å². The molecule has 0 fully saturated rings. The zero-order valence-corrected chi connectivity index (χ0v) is 10.0. The molecule has 0 saturated carbocycles. The normalized spacial score (nSPS) is 10.3. The van der Waals surface area contributed by atoms with Crippen molar-refractivity contribution >= 4 is 26.7 Å². The van der Waals surface area contributed by atoms with E-state index in [1.54, 1.807) is 12.1 Å². The smallest absolute Gasteiger partial charge is 0.123 e. The van der Waals surface area contributed by atoms with Crippen LogP contribution >= 0.6 is 15.9 Å². The molecular formula is C13H8BrFN. The standard InChI is InChI=1S/C13H8BrFN/c14-6-5-9-1-2-10(8-16)12-4-3-11(15)7-13(9)12/h1,3-4,7H,5-6H2. The van der Waals surface area contributed by atoms with E-state index in [-0.39, 0.29) is 5.82 Å². The van der Waals surface area contributed by atoms with Gasteiger partial charge in [-0.25, -0.2) is 4.39 Å². The average molecular weight is 277 g/mol. The number of hydrogen-bond donors (Lipinski definition) is 0. The minimum absolute atomic E-state index is 0.279. The first-order chi connectivity index (χ1) is 7.76. The minimum atomic E-state index is -0.279. The van der Waals surface area contributed by atoms with Crippen LogP contribution in [-0.4, -0.2) is 5.33 Å². The van der Waals surface area contributed by atoms with Gasteiger partial charge in [0.25, 0.3) is 0 Å². The second-order valence-corrected chi connectivity index (χ2v) is 4.22. The third-order valence-corrected chi connectivity index (χ3v) is 2.86. The zero-order chi connectivity index (χ0) is 11.5. The second-order valence-electron chi connectivity index (χ2n) is 3.43. The van der Waals surface area contributed by atoms with Gasteiger partial charge in [-0.15, -0.1) is 0 Å². The van der Waals surface area contributed by atoms with Gasteiger partial charge < -0.3 is 0 Å². The van der Waals surface area contributed by atoms with Gasteiger partial charge in [-0.1, -0.05) is 22.0 Å². The fourth-order valence-corrected chi connectivity index (χ4v) is 2.14. The van der Waals surface area contributed by atoms with Crippen LogP contribution in [0.25, 0.3) is 10.8 Å². The van der Waals surface area contributed by atoms with Crippen molar-refractivity contribution in [3.63, 3.8) is 0 Å². The molecule has 0 aliphatic heterocycles. The third kappa shape index (κ3) is 1.94. The first kappa shape index (κ1) is 11.1. The molecule has 2 rings (SSSR count). The molecule has 16 heavy (non-hydrogen) atoms. The van der Waals surface area contributed by atoms with Gasteiger partial charge in [-0.2, -0.15) is 5.26 Å². The summed E-state index contributed by atoms with van der Waals surface area (Å²) in [6.07, 6.45) is 0.794. The molecule has 2 aromatic carbocycles. The van der Waals surface area contributed by atoms with Crippen molar-refractivity contribution in [1.82, 2.24) is 0 Å². The Balaban J connectivity index is 2.76. The quantitative estimate of drug-likeness (QED) is 0.769. The average Bonchev–Trinajstić information content (AvgIpc) is 2.30. The van der Waals surface area contributed by atoms with Crippen molar-refractivity contribution in [3.8, 4) is 6.07 Å². The summed E-state index contributed by atoms with van der Waals surface area (Å²) in [7, 11) is 0. The molecule has 3 heteroatoms. The fourth-order valence-electron chi connectivity index (χ4n) is 1.72. The Bertz CT molecular complexity index is 572. The maximum atomic E-state index is 13.2. The summed E-state index contributed by atoms with van der Waals surface area (Å²) < 4.78 is 13.2. The van der Waals surface area contributed by atoms with E-state index in [0.29, 0.717) is 5.56 Å². The molecule has 0 aliphatic carbocycles. The first-order valence-electron chi connectivity index (χ1n) is 4.85. The van der Waals surface area contributed by atoms with Crippen molar-refractivity contribution in [2.75, 3.05) is 5.33 Å². The van der Waals surface area contributed by atoms with Crippen LogP contribution in [0.5, 0.6) is 0 Å². The van der Waals surface area contributed by atoms with Gasteiger partial charge in [-0.05, 0) is 35.6 Å². The second kappa shape index (κ2) is 4.63. The molecule has 1 nitrogen and oxygen atoms in total. The summed E-state index contributed by atoms with van der Waals surface area (Å²) in [4.78, 5) is 0. The van der Waals surface area contributed by atoms with E-state index in [2.05, 4.69) is 28.1 Å². The molecular weight excluding hydrogens is 269 g/mol. The molecule has 0 spiro atoms. The summed E-state index contributed by atoms with van der Waals surface area (Å²) in [5, 5.41) is 11.3. The van der Waals surface area contributed by atoms with Gasteiger partial charge >= 0.3 is 0 Å². The van der Waals surface area contributed by atoms with E-state index in [1.165, 1.54) is 12.1 Å². The van der Waals surface area contributed by atoms with Crippen LogP contribution in [0.3, 0.4) is 0 Å². The molecule has 0 aromatic heterocycles. The first-order valence-corrected chi connectivity index (χ1v) is 5.97. The van der Waals surface area contributed by atoms with Crippen LogP contribution in [0.15, 0.2) is 24.3 Å². The van der Waals surface area contributed by atoms with Crippen LogP contribution in [0.2, 0.25) is 0 Å². The number of fused-ring (bicyclic) bond motifs is 1. The van der Waals surface area contributed by atoms with Crippen molar-refractivity contribution in [1.29, 1.82) is 5.26 Å². The van der Waals surface area contributed by atoms with Crippen molar-refractivity contribution in [2.45, 2.75) is 6.42 Å². The van der Waals surface area contributed by atoms with Crippen LogP contribution in [0, 0.1) is 23.2 Å². The molecule has 0 saturated heterocycles. The number of hydrogen-bond acceptors (Lipinski definition) is 1. The molecule has 0 atom stereocenters. The maximum absolute atomic E-state index is 13.2. The Kier molecular flexibility index (Phi) is 3.21. The highest BCUT2D eigenvalue weighted by Crippen LogP contribution is 2.24. The summed E-state index contributed by atoms with van der Waals surface area (Å²) in [5.41, 5.74) is 1.47. The summed E-state index contributed by atoms with van der Waals surface area (Å²) >= 11 is 3.35. The lowest BCUT2D eigenvalue weighted by atomic mass is 9.99. The van der Waals surface area contributed by atoms with E-state index < -0.39 is 0 Å². The van der Waals surface area contributed by atoms with Gasteiger partial charge in [-0.3, -0.25) is 0 Å². The fraction of sp³-hybridized carbons (Fsp3) is 0.154. The topological polar surface area (TPSA) is 23.8 Å². The molecule has 1 radical (unpaired) electrons. The van der Waals surface area contributed by atoms with E-state index in [1.807, 2.05) is 0 Å². The number of nitrogens with zero attached hydrogens (tertiary/aromatic N) is 1. The van der Waals surface area contributed by atoms with Crippen LogP contribution in [0.1, 0.15) is 11.1 Å². The Morgan fingerprint density at radius 2 is 2.19 bits per heavy atom. The van der Waals surface area contributed by atoms with Gasteiger partial charge in [0.05, 0.1) is 5.56 Å². The molecule has 0 unspecified atom stereocenters. The van der Waals surface area contributed by atoms with Gasteiger partial charge in [0, 0.05) is 16.8 Å². The highest BCUT2D eigenvalue weighted by Gasteiger charge is 2.06. The number of benzene rings is 2. The van der Waals surface area contributed by atoms with E-state index >= 15 is 0 Å². The summed E-state index contributed by atoms with van der Waals surface area (Å²) in [6, 6.07) is 11.2. The van der Waals surface area contributed by atoms with Crippen molar-refractivity contribution < 1.29 is 4.39 Å². The largest absolute Gasteiger partial charge is 0.207 e. The number of alkyl halides is 1. The Morgan fingerprint density at radius 1 is 1.38 bits per heavy atom. The molecule has 0 N–H and O–H groups in total. The molecule has 0 amide bonds. The van der Waals surface area contributed by atoms with Crippen LogP contribution in [-0.2, 0) is 6.42 Å². The number of nitriles is 1. The number of aryl methyl sites for hydroxylation is 1. The van der Waals surface area contributed by atoms with E-state index in [0.717, 1.165) is 28.1 Å². The summed E-state index contributed by atoms with van der Waals surface area (Å²) in [5.74, 6) is -0.279. The predicted octanol–water partition coefficient (Wildman–Crippen LogP) is 3.59. The number of halogens is 2. The molecule has 79 valence electrons. The third-order valence-electron chi connectivity index (χ3n) is 2.46. The monoisotopic (exact) mass is 276 g/mol. The zero-order valence-electron chi connectivity index (χ0n) is 8.43. The van der Waals surface area contributed by atoms with Gasteiger partial charge in [0.1, 0.15) is 11.9 Å². The Hall–Kier alpha value is -1.40. The Labute approximate surface area is 102 Å². The van der Waals surface area contributed by atoms with Crippen LogP contribution in [0.4, 0.5) is 4.39 Å². The van der Waals surface area contributed by atoms with Gasteiger partial charge in [0.2, 0.25) is 0 Å². The molecule has 0 bridgehead atoms. The summed E-state index contributed by atoms with van der Waals surface area (Å²) in [6.45, 7) is 0. The Morgan fingerprint density at radius 3 is 2.88 bits per heavy atom.